The Balaban J connectivity index is 2.56. The van der Waals surface area contributed by atoms with E-state index in [1.165, 1.54) is 0 Å². The van der Waals surface area contributed by atoms with Crippen molar-refractivity contribution in [3.8, 4) is 0 Å². The van der Waals surface area contributed by atoms with Gasteiger partial charge in [0.1, 0.15) is 23.3 Å². The molecule has 2 rings (SSSR count). The third-order valence-electron chi connectivity index (χ3n) is 2.50. The molecule has 0 unspecified atom stereocenters. The fraction of sp³-hybridized carbons (Fsp3) is 0. The van der Waals surface area contributed by atoms with Crippen molar-refractivity contribution >= 4 is 11.5 Å². The lowest BCUT2D eigenvalue weighted by Crippen LogP contribution is -2.09. The van der Waals surface area contributed by atoms with E-state index in [-0.39, 0.29) is 0 Å². The van der Waals surface area contributed by atoms with Gasteiger partial charge >= 0.3 is 0 Å². The first-order valence-corrected chi connectivity index (χ1v) is 5.14. The van der Waals surface area contributed by atoms with Gasteiger partial charge in [-0.2, -0.15) is 0 Å². The second-order valence-corrected chi connectivity index (χ2v) is 3.81. The Kier molecular flexibility index (Phi) is 3.25. The molecule has 0 radical (unpaired) electrons. The zero-order chi connectivity index (χ0) is 14.2. The van der Waals surface area contributed by atoms with Gasteiger partial charge in [-0.3, -0.25) is 4.79 Å². The zero-order valence-corrected chi connectivity index (χ0v) is 9.38. The number of halogens is 4. The highest BCUT2D eigenvalue weighted by molar-refractivity contribution is 6.09. The second-order valence-electron chi connectivity index (χ2n) is 3.81. The maximum absolute atomic E-state index is 13.5. The highest BCUT2D eigenvalue weighted by Gasteiger charge is 2.20. The monoisotopic (exact) mass is 269 g/mol. The molecule has 0 atom stereocenters. The number of anilines is 1. The first-order valence-electron chi connectivity index (χ1n) is 5.14. The predicted octanol–water partition coefficient (Wildman–Crippen LogP) is 3.06. The van der Waals surface area contributed by atoms with Crippen LogP contribution in [0.5, 0.6) is 0 Å². The third-order valence-corrected chi connectivity index (χ3v) is 2.50. The van der Waals surface area contributed by atoms with Gasteiger partial charge in [-0.25, -0.2) is 17.6 Å². The fourth-order valence-electron chi connectivity index (χ4n) is 1.56. The predicted molar refractivity (Wildman–Crippen MR) is 60.6 cm³/mol. The molecule has 19 heavy (non-hydrogen) atoms. The van der Waals surface area contributed by atoms with Crippen LogP contribution in [0.3, 0.4) is 0 Å². The maximum Gasteiger partial charge on any atom is 0.199 e. The van der Waals surface area contributed by atoms with E-state index < -0.39 is 45.9 Å². The van der Waals surface area contributed by atoms with E-state index >= 15 is 0 Å². The number of carbonyl (C=O) groups excluding carboxylic acids is 1. The Labute approximate surface area is 105 Å². The summed E-state index contributed by atoms with van der Waals surface area (Å²) in [5.74, 6) is -5.19. The largest absolute Gasteiger partial charge is 0.396 e. The van der Waals surface area contributed by atoms with Crippen molar-refractivity contribution in [2.24, 2.45) is 0 Å². The molecule has 0 amide bonds. The van der Waals surface area contributed by atoms with Crippen LogP contribution in [0, 0.1) is 23.3 Å². The average molecular weight is 269 g/mol. The molecule has 0 fully saturated rings. The molecule has 0 heterocycles. The zero-order valence-electron chi connectivity index (χ0n) is 9.38. The molecule has 0 aromatic heterocycles. The molecule has 2 aromatic carbocycles. The van der Waals surface area contributed by atoms with Crippen molar-refractivity contribution < 1.29 is 22.4 Å². The van der Waals surface area contributed by atoms with Crippen LogP contribution >= 0.6 is 0 Å². The minimum Gasteiger partial charge on any atom is -0.396 e. The molecule has 0 bridgehead atoms. The molecule has 0 aliphatic rings. The van der Waals surface area contributed by atoms with Gasteiger partial charge in [-0.15, -0.1) is 0 Å². The smallest absolute Gasteiger partial charge is 0.199 e. The molecule has 98 valence electrons. The summed E-state index contributed by atoms with van der Waals surface area (Å²) >= 11 is 0. The van der Waals surface area contributed by atoms with E-state index in [4.69, 9.17) is 5.73 Å². The summed E-state index contributed by atoms with van der Waals surface area (Å²) in [5, 5.41) is 0. The minimum atomic E-state index is -1.19. The number of rotatable bonds is 2. The van der Waals surface area contributed by atoms with Gasteiger partial charge in [0.2, 0.25) is 0 Å². The van der Waals surface area contributed by atoms with E-state index in [0.717, 1.165) is 18.2 Å². The first-order chi connectivity index (χ1) is 8.90. The van der Waals surface area contributed by atoms with Crippen LogP contribution in [-0.2, 0) is 0 Å². The first kappa shape index (κ1) is 13.1. The summed E-state index contributed by atoms with van der Waals surface area (Å²) in [4.78, 5) is 11.9. The summed E-state index contributed by atoms with van der Waals surface area (Å²) in [7, 11) is 0. The molecule has 0 aliphatic heterocycles. The summed E-state index contributed by atoms with van der Waals surface area (Å²) in [5.41, 5.74) is 3.48. The molecule has 0 saturated heterocycles. The Morgan fingerprint density at radius 2 is 1.47 bits per heavy atom. The van der Waals surface area contributed by atoms with Gasteiger partial charge in [0.05, 0.1) is 16.8 Å². The van der Waals surface area contributed by atoms with Gasteiger partial charge in [0.25, 0.3) is 0 Å². The summed E-state index contributed by atoms with van der Waals surface area (Å²) < 4.78 is 52.8. The SMILES string of the molecule is Nc1cc(C(=O)c2cc(F)ccc2F)c(F)cc1F. The number of carbonyl (C=O) groups is 1. The van der Waals surface area contributed by atoms with Crippen LogP contribution in [0.25, 0.3) is 0 Å². The van der Waals surface area contributed by atoms with Gasteiger partial charge in [-0.1, -0.05) is 0 Å². The molecule has 6 heteroatoms. The van der Waals surface area contributed by atoms with Gasteiger partial charge in [0, 0.05) is 6.07 Å². The lowest BCUT2D eigenvalue weighted by Gasteiger charge is -2.06. The standard InChI is InChI=1S/C13H7F4NO/c14-6-1-2-9(15)7(3-6)13(19)8-4-12(18)11(17)5-10(8)16/h1-5H,18H2. The molecular formula is C13H7F4NO. The van der Waals surface area contributed by atoms with Gasteiger partial charge in [0.15, 0.2) is 5.78 Å². The van der Waals surface area contributed by atoms with Crippen molar-refractivity contribution in [3.05, 3.63) is 64.7 Å². The number of nitrogen functional groups attached to an aromatic ring is 1. The van der Waals surface area contributed by atoms with E-state index in [0.29, 0.717) is 12.1 Å². The Hall–Kier alpha value is -2.37. The molecular weight excluding hydrogens is 262 g/mol. The van der Waals surface area contributed by atoms with E-state index in [1.807, 2.05) is 0 Å². The maximum atomic E-state index is 13.5. The fourth-order valence-corrected chi connectivity index (χ4v) is 1.56. The van der Waals surface area contributed by atoms with Crippen molar-refractivity contribution in [1.29, 1.82) is 0 Å². The van der Waals surface area contributed by atoms with Crippen LogP contribution in [0.2, 0.25) is 0 Å². The van der Waals surface area contributed by atoms with Crippen LogP contribution < -0.4 is 5.73 Å². The summed E-state index contributed by atoms with van der Waals surface area (Å²) in [6, 6.07) is 3.36. The highest BCUT2D eigenvalue weighted by Crippen LogP contribution is 2.21. The summed E-state index contributed by atoms with van der Waals surface area (Å²) in [6.45, 7) is 0. The second kappa shape index (κ2) is 4.72. The van der Waals surface area contributed by atoms with Crippen molar-refractivity contribution in [1.82, 2.24) is 0 Å². The quantitative estimate of drug-likeness (QED) is 0.517. The summed E-state index contributed by atoms with van der Waals surface area (Å²) in [6.07, 6.45) is 0. The minimum absolute atomic E-state index is 0.416. The lowest BCUT2D eigenvalue weighted by molar-refractivity contribution is 0.103. The molecule has 0 aliphatic carbocycles. The Morgan fingerprint density at radius 3 is 2.16 bits per heavy atom. The van der Waals surface area contributed by atoms with Crippen molar-refractivity contribution in [3.63, 3.8) is 0 Å². The number of ketones is 1. The van der Waals surface area contributed by atoms with E-state index in [2.05, 4.69) is 0 Å². The lowest BCUT2D eigenvalue weighted by atomic mass is 10.0. The third kappa shape index (κ3) is 2.42. The normalized spacial score (nSPS) is 10.5. The van der Waals surface area contributed by atoms with Gasteiger partial charge < -0.3 is 5.73 Å². The number of benzene rings is 2. The van der Waals surface area contributed by atoms with Crippen molar-refractivity contribution in [2.75, 3.05) is 5.73 Å². The van der Waals surface area contributed by atoms with E-state index in [9.17, 15) is 22.4 Å². The average Bonchev–Trinajstić information content (AvgIpc) is 2.36. The number of hydrogen-bond acceptors (Lipinski definition) is 2. The van der Waals surface area contributed by atoms with Crippen LogP contribution in [0.1, 0.15) is 15.9 Å². The van der Waals surface area contributed by atoms with Crippen LogP contribution in [-0.4, -0.2) is 5.78 Å². The van der Waals surface area contributed by atoms with E-state index in [1.54, 1.807) is 0 Å². The van der Waals surface area contributed by atoms with Gasteiger partial charge in [-0.05, 0) is 24.3 Å². The number of nitrogens with two attached hydrogens (primary N) is 1. The molecule has 2 N–H and O–H groups in total. The molecule has 2 aromatic rings. The Bertz CT molecular complexity index is 670. The Morgan fingerprint density at radius 1 is 0.842 bits per heavy atom. The number of hydrogen-bond donors (Lipinski definition) is 1. The molecule has 0 spiro atoms. The van der Waals surface area contributed by atoms with Crippen molar-refractivity contribution in [2.45, 2.75) is 0 Å². The molecule has 2 nitrogen and oxygen atoms in total. The van der Waals surface area contributed by atoms with Crippen LogP contribution in [0.4, 0.5) is 23.2 Å². The molecule has 0 saturated carbocycles. The highest BCUT2D eigenvalue weighted by atomic mass is 19.1. The van der Waals surface area contributed by atoms with Crippen LogP contribution in [0.15, 0.2) is 30.3 Å². The topological polar surface area (TPSA) is 43.1 Å².